The summed E-state index contributed by atoms with van der Waals surface area (Å²) in [5.41, 5.74) is 6.37. The number of hydrogen-bond donors (Lipinski definition) is 1. The number of hydrogen-bond acceptors (Lipinski definition) is 4. The van der Waals surface area contributed by atoms with Crippen LogP contribution in [0.3, 0.4) is 0 Å². The van der Waals surface area contributed by atoms with Gasteiger partial charge in [0, 0.05) is 13.1 Å². The van der Waals surface area contributed by atoms with Crippen molar-refractivity contribution < 1.29 is 4.74 Å². The van der Waals surface area contributed by atoms with E-state index in [1.54, 1.807) is 7.11 Å². The van der Waals surface area contributed by atoms with E-state index in [4.69, 9.17) is 15.7 Å². The molecule has 0 unspecified atom stereocenters. The number of para-hydroxylation sites is 2. The highest BCUT2D eigenvalue weighted by atomic mass is 16.5. The second-order valence-corrected chi connectivity index (χ2v) is 4.43. The van der Waals surface area contributed by atoms with Gasteiger partial charge in [0.2, 0.25) is 0 Å². The van der Waals surface area contributed by atoms with Crippen LogP contribution in [-0.4, -0.2) is 25.7 Å². The molecule has 4 heteroatoms. The zero-order valence-electron chi connectivity index (χ0n) is 10.0. The van der Waals surface area contributed by atoms with Gasteiger partial charge in [-0.05, 0) is 25.0 Å². The van der Waals surface area contributed by atoms with Gasteiger partial charge in [-0.3, -0.25) is 0 Å². The first-order chi connectivity index (χ1) is 8.18. The Morgan fingerprint density at radius 3 is 2.59 bits per heavy atom. The van der Waals surface area contributed by atoms with Gasteiger partial charge in [0.25, 0.3) is 0 Å². The van der Waals surface area contributed by atoms with Crippen LogP contribution in [0, 0.1) is 11.3 Å². The van der Waals surface area contributed by atoms with Crippen molar-refractivity contribution in [3.63, 3.8) is 0 Å². The molecule has 90 valence electrons. The lowest BCUT2D eigenvalue weighted by Gasteiger charge is -2.36. The molecule has 2 N–H and O–H groups in total. The molecule has 1 aromatic carbocycles. The van der Waals surface area contributed by atoms with Crippen molar-refractivity contribution in [1.29, 1.82) is 5.26 Å². The van der Waals surface area contributed by atoms with E-state index in [0.717, 1.165) is 24.5 Å². The lowest BCUT2D eigenvalue weighted by molar-refractivity contribution is 0.397. The standard InChI is InChI=1S/C13H17N3O/c1-17-12-5-3-2-4-11(12)16-8-6-13(15,10-14)7-9-16/h2-5H,6-9,15H2,1H3. The molecule has 0 radical (unpaired) electrons. The van der Waals surface area contributed by atoms with E-state index in [1.807, 2.05) is 24.3 Å². The molecule has 4 nitrogen and oxygen atoms in total. The van der Waals surface area contributed by atoms with Gasteiger partial charge in [0.1, 0.15) is 11.3 Å². The molecule has 1 fully saturated rings. The predicted molar refractivity (Wildman–Crippen MR) is 67.0 cm³/mol. The average molecular weight is 231 g/mol. The zero-order valence-corrected chi connectivity index (χ0v) is 10.0. The molecule has 0 amide bonds. The quantitative estimate of drug-likeness (QED) is 0.838. The fraction of sp³-hybridized carbons (Fsp3) is 0.462. The molecule has 0 aliphatic carbocycles. The monoisotopic (exact) mass is 231 g/mol. The molecule has 1 aliphatic heterocycles. The smallest absolute Gasteiger partial charge is 0.142 e. The van der Waals surface area contributed by atoms with Crippen LogP contribution < -0.4 is 15.4 Å². The SMILES string of the molecule is COc1ccccc1N1CCC(N)(C#N)CC1. The summed E-state index contributed by atoms with van der Waals surface area (Å²) < 4.78 is 5.34. The lowest BCUT2D eigenvalue weighted by Crippen LogP contribution is -2.49. The third-order valence-electron chi connectivity index (χ3n) is 3.30. The maximum absolute atomic E-state index is 8.99. The number of benzene rings is 1. The minimum atomic E-state index is -0.654. The highest BCUT2D eigenvalue weighted by Crippen LogP contribution is 2.31. The maximum atomic E-state index is 8.99. The van der Waals surface area contributed by atoms with Gasteiger partial charge >= 0.3 is 0 Å². The average Bonchev–Trinajstić information content (AvgIpc) is 2.40. The number of ether oxygens (including phenoxy) is 1. The fourth-order valence-corrected chi connectivity index (χ4v) is 2.15. The summed E-state index contributed by atoms with van der Waals surface area (Å²) >= 11 is 0. The van der Waals surface area contributed by atoms with Crippen LogP contribution in [0.1, 0.15) is 12.8 Å². The van der Waals surface area contributed by atoms with E-state index in [2.05, 4.69) is 11.0 Å². The summed E-state index contributed by atoms with van der Waals surface area (Å²) in [6, 6.07) is 10.1. The first-order valence-corrected chi connectivity index (χ1v) is 5.77. The summed E-state index contributed by atoms with van der Waals surface area (Å²) in [7, 11) is 1.67. The Hall–Kier alpha value is -1.73. The maximum Gasteiger partial charge on any atom is 0.142 e. The Morgan fingerprint density at radius 1 is 1.35 bits per heavy atom. The fourth-order valence-electron chi connectivity index (χ4n) is 2.15. The number of nitriles is 1. The molecule has 1 aromatic rings. The largest absolute Gasteiger partial charge is 0.495 e. The zero-order chi connectivity index (χ0) is 12.3. The normalized spacial score (nSPS) is 18.5. The molecular weight excluding hydrogens is 214 g/mol. The van der Waals surface area contributed by atoms with Crippen LogP contribution in [0.4, 0.5) is 5.69 Å². The first-order valence-electron chi connectivity index (χ1n) is 5.77. The molecule has 1 heterocycles. The van der Waals surface area contributed by atoms with Gasteiger partial charge in [-0.2, -0.15) is 5.26 Å². The first kappa shape index (κ1) is 11.7. The number of methoxy groups -OCH3 is 1. The van der Waals surface area contributed by atoms with Crippen molar-refractivity contribution in [3.8, 4) is 11.8 Å². The van der Waals surface area contributed by atoms with E-state index in [0.29, 0.717) is 12.8 Å². The minimum Gasteiger partial charge on any atom is -0.495 e. The van der Waals surface area contributed by atoms with Gasteiger partial charge in [-0.25, -0.2) is 0 Å². The Balaban J connectivity index is 2.14. The molecule has 1 aliphatic rings. The summed E-state index contributed by atoms with van der Waals surface area (Å²) in [6.45, 7) is 1.59. The van der Waals surface area contributed by atoms with Crippen molar-refractivity contribution in [2.24, 2.45) is 5.73 Å². The molecule has 0 saturated carbocycles. The van der Waals surface area contributed by atoms with E-state index in [-0.39, 0.29) is 0 Å². The lowest BCUT2D eigenvalue weighted by atomic mass is 9.90. The predicted octanol–water partition coefficient (Wildman–Crippen LogP) is 1.52. The van der Waals surface area contributed by atoms with Gasteiger partial charge in [-0.15, -0.1) is 0 Å². The molecule has 0 spiro atoms. The molecule has 0 atom stereocenters. The van der Waals surface area contributed by atoms with Crippen molar-refractivity contribution >= 4 is 5.69 Å². The van der Waals surface area contributed by atoms with Gasteiger partial charge in [-0.1, -0.05) is 12.1 Å². The third kappa shape index (κ3) is 2.34. The van der Waals surface area contributed by atoms with Crippen molar-refractivity contribution in [2.45, 2.75) is 18.4 Å². The Kier molecular flexibility index (Phi) is 3.21. The molecule has 0 bridgehead atoms. The number of anilines is 1. The van der Waals surface area contributed by atoms with E-state index in [9.17, 15) is 0 Å². The highest BCUT2D eigenvalue weighted by molar-refractivity contribution is 5.58. The Labute approximate surface area is 102 Å². The van der Waals surface area contributed by atoms with Crippen LogP contribution in [0.2, 0.25) is 0 Å². The molecule has 1 saturated heterocycles. The van der Waals surface area contributed by atoms with E-state index in [1.165, 1.54) is 0 Å². The molecule has 17 heavy (non-hydrogen) atoms. The Morgan fingerprint density at radius 2 is 2.00 bits per heavy atom. The molecule has 0 aromatic heterocycles. The van der Waals surface area contributed by atoms with Crippen molar-refractivity contribution in [1.82, 2.24) is 0 Å². The van der Waals surface area contributed by atoms with Crippen molar-refractivity contribution in [2.75, 3.05) is 25.1 Å². The summed E-state index contributed by atoms with van der Waals surface area (Å²) in [5, 5.41) is 8.99. The highest BCUT2D eigenvalue weighted by Gasteiger charge is 2.31. The summed E-state index contributed by atoms with van der Waals surface area (Å²) in [5.74, 6) is 0.869. The van der Waals surface area contributed by atoms with Crippen LogP contribution >= 0.6 is 0 Å². The van der Waals surface area contributed by atoms with E-state index >= 15 is 0 Å². The summed E-state index contributed by atoms with van der Waals surface area (Å²) in [6.07, 6.45) is 1.39. The van der Waals surface area contributed by atoms with Gasteiger partial charge in [0.15, 0.2) is 0 Å². The topological polar surface area (TPSA) is 62.3 Å². The van der Waals surface area contributed by atoms with Gasteiger partial charge < -0.3 is 15.4 Å². The third-order valence-corrected chi connectivity index (χ3v) is 3.30. The number of piperidine rings is 1. The minimum absolute atomic E-state index is 0.654. The molecular formula is C13H17N3O. The van der Waals surface area contributed by atoms with Crippen LogP contribution in [0.25, 0.3) is 0 Å². The Bertz CT molecular complexity index is 431. The van der Waals surface area contributed by atoms with Crippen LogP contribution in [0.15, 0.2) is 24.3 Å². The second-order valence-electron chi connectivity index (χ2n) is 4.43. The second kappa shape index (κ2) is 4.64. The molecule has 2 rings (SSSR count). The van der Waals surface area contributed by atoms with Crippen LogP contribution in [-0.2, 0) is 0 Å². The number of nitrogens with two attached hydrogens (primary N) is 1. The summed E-state index contributed by atoms with van der Waals surface area (Å²) in [4.78, 5) is 2.22. The number of nitrogens with zero attached hydrogens (tertiary/aromatic N) is 2. The van der Waals surface area contributed by atoms with Crippen LogP contribution in [0.5, 0.6) is 5.75 Å². The van der Waals surface area contributed by atoms with Crippen molar-refractivity contribution in [3.05, 3.63) is 24.3 Å². The van der Waals surface area contributed by atoms with Gasteiger partial charge in [0.05, 0.1) is 18.9 Å². The van der Waals surface area contributed by atoms with E-state index < -0.39 is 5.54 Å². The number of rotatable bonds is 2.